The van der Waals surface area contributed by atoms with Crippen LogP contribution in [0.1, 0.15) is 51.9 Å². The smallest absolute Gasteiger partial charge is 0.307 e. The molecule has 19 heavy (non-hydrogen) atoms. The van der Waals surface area contributed by atoms with Crippen LogP contribution in [0, 0.1) is 23.7 Å². The van der Waals surface area contributed by atoms with Gasteiger partial charge in [-0.3, -0.25) is 4.79 Å². The van der Waals surface area contributed by atoms with Crippen LogP contribution >= 0.6 is 0 Å². The molecule has 0 aliphatic heterocycles. The molecule has 3 nitrogen and oxygen atoms in total. The second kappa shape index (κ2) is 5.08. The highest BCUT2D eigenvalue weighted by molar-refractivity contribution is 5.71. The molecule has 4 fully saturated rings. The Morgan fingerprint density at radius 3 is 2.21 bits per heavy atom. The summed E-state index contributed by atoms with van der Waals surface area (Å²) in [7, 11) is 1.52. The first-order chi connectivity index (χ1) is 9.18. The maximum Gasteiger partial charge on any atom is 0.307 e. The van der Waals surface area contributed by atoms with Gasteiger partial charge in [0.15, 0.2) is 0 Å². The van der Waals surface area contributed by atoms with Crippen LogP contribution in [0.2, 0.25) is 0 Å². The van der Waals surface area contributed by atoms with Crippen LogP contribution in [0.4, 0.5) is 0 Å². The summed E-state index contributed by atoms with van der Waals surface area (Å²) < 4.78 is 4.98. The molecule has 0 saturated heterocycles. The lowest BCUT2D eigenvalue weighted by Crippen LogP contribution is -2.65. The lowest BCUT2D eigenvalue weighted by atomic mass is 9.48. The zero-order chi connectivity index (χ0) is 13.5. The fraction of sp³-hybridized carbons (Fsp3) is 0.938. The Hall–Kier alpha value is -0.570. The summed E-state index contributed by atoms with van der Waals surface area (Å²) in [6.45, 7) is 3.23. The van der Waals surface area contributed by atoms with E-state index in [4.69, 9.17) is 4.74 Å². The molecular formula is C16H27NO2. The monoisotopic (exact) mass is 265 g/mol. The molecule has 4 aliphatic carbocycles. The summed E-state index contributed by atoms with van der Waals surface area (Å²) in [4.78, 5) is 11.9. The fourth-order valence-electron chi connectivity index (χ4n) is 5.33. The fourth-order valence-corrected chi connectivity index (χ4v) is 5.33. The normalized spacial score (nSPS) is 43.5. The number of nitrogens with one attached hydrogen (secondary N) is 1. The molecule has 3 heteroatoms. The molecule has 4 rings (SSSR count). The van der Waals surface area contributed by atoms with Crippen LogP contribution in [0.3, 0.4) is 0 Å². The number of rotatable bonds is 5. The Kier molecular flexibility index (Phi) is 3.59. The van der Waals surface area contributed by atoms with Crippen molar-refractivity contribution in [3.05, 3.63) is 0 Å². The SMILES string of the molecule is CCCNC1(CC(=O)OC)C2CC3CC(C2)CC1C3. The van der Waals surface area contributed by atoms with Crippen molar-refractivity contribution in [2.24, 2.45) is 23.7 Å². The average molecular weight is 265 g/mol. The van der Waals surface area contributed by atoms with Gasteiger partial charge in [0, 0.05) is 5.54 Å². The number of methoxy groups -OCH3 is 1. The second-order valence-electron chi connectivity index (χ2n) is 7.02. The minimum absolute atomic E-state index is 0.0314. The van der Waals surface area contributed by atoms with Crippen LogP contribution in [0.25, 0.3) is 0 Å². The molecule has 4 saturated carbocycles. The third-order valence-corrected chi connectivity index (χ3v) is 5.96. The third kappa shape index (κ3) is 2.20. The topological polar surface area (TPSA) is 38.3 Å². The van der Waals surface area contributed by atoms with Crippen molar-refractivity contribution >= 4 is 5.97 Å². The highest BCUT2D eigenvalue weighted by Crippen LogP contribution is 2.59. The number of hydrogen-bond donors (Lipinski definition) is 1. The summed E-state index contributed by atoms with van der Waals surface area (Å²) in [6.07, 6.45) is 8.51. The van der Waals surface area contributed by atoms with Crippen LogP contribution in [-0.2, 0) is 9.53 Å². The van der Waals surface area contributed by atoms with E-state index < -0.39 is 0 Å². The molecule has 0 amide bonds. The largest absolute Gasteiger partial charge is 0.469 e. The first-order valence-electron chi connectivity index (χ1n) is 7.99. The summed E-state index contributed by atoms with van der Waals surface area (Å²) in [5.74, 6) is 3.26. The van der Waals surface area contributed by atoms with E-state index in [9.17, 15) is 4.79 Å². The van der Waals surface area contributed by atoms with Crippen molar-refractivity contribution in [2.45, 2.75) is 57.4 Å². The van der Waals surface area contributed by atoms with E-state index in [1.807, 2.05) is 0 Å². The zero-order valence-electron chi connectivity index (χ0n) is 12.3. The number of ether oxygens (including phenoxy) is 1. The maximum absolute atomic E-state index is 11.9. The Labute approximate surface area is 116 Å². The van der Waals surface area contributed by atoms with Crippen molar-refractivity contribution in [2.75, 3.05) is 13.7 Å². The summed E-state index contributed by atoms with van der Waals surface area (Å²) in [6, 6.07) is 0. The molecule has 4 aliphatic rings. The number of carbonyl (C=O) groups excluding carboxylic acids is 1. The third-order valence-electron chi connectivity index (χ3n) is 5.96. The van der Waals surface area contributed by atoms with E-state index >= 15 is 0 Å². The quantitative estimate of drug-likeness (QED) is 0.777. The van der Waals surface area contributed by atoms with Gasteiger partial charge in [-0.1, -0.05) is 6.92 Å². The van der Waals surface area contributed by atoms with Gasteiger partial charge in [0.25, 0.3) is 0 Å². The van der Waals surface area contributed by atoms with Gasteiger partial charge in [-0.25, -0.2) is 0 Å². The van der Waals surface area contributed by atoms with E-state index in [-0.39, 0.29) is 11.5 Å². The minimum Gasteiger partial charge on any atom is -0.469 e. The van der Waals surface area contributed by atoms with Gasteiger partial charge in [-0.2, -0.15) is 0 Å². The van der Waals surface area contributed by atoms with Gasteiger partial charge in [-0.15, -0.1) is 0 Å². The van der Waals surface area contributed by atoms with Gasteiger partial charge >= 0.3 is 5.97 Å². The molecule has 0 atom stereocenters. The van der Waals surface area contributed by atoms with E-state index in [1.165, 1.54) is 39.2 Å². The molecule has 0 spiro atoms. The standard InChI is InChI=1S/C16H27NO2/c1-3-4-17-16(10-15(18)19-2)13-6-11-5-12(8-13)9-14(16)7-11/h11-14,17H,3-10H2,1-2H3. The van der Waals surface area contributed by atoms with Crippen LogP contribution < -0.4 is 5.32 Å². The minimum atomic E-state index is -0.0314. The number of esters is 1. The molecule has 4 bridgehead atoms. The van der Waals surface area contributed by atoms with Gasteiger partial charge in [0.05, 0.1) is 13.5 Å². The van der Waals surface area contributed by atoms with E-state index in [0.717, 1.165) is 24.8 Å². The molecule has 0 aromatic carbocycles. The molecule has 108 valence electrons. The molecule has 0 unspecified atom stereocenters. The maximum atomic E-state index is 11.9. The van der Waals surface area contributed by atoms with Crippen LogP contribution in [0.5, 0.6) is 0 Å². The van der Waals surface area contributed by atoms with Gasteiger partial charge in [0.1, 0.15) is 0 Å². The number of hydrogen-bond acceptors (Lipinski definition) is 3. The predicted octanol–water partition coefficient (Wildman–Crippen LogP) is 2.74. The summed E-state index contributed by atoms with van der Waals surface area (Å²) in [5, 5.41) is 3.79. The molecule has 0 radical (unpaired) electrons. The Morgan fingerprint density at radius 1 is 1.16 bits per heavy atom. The van der Waals surface area contributed by atoms with E-state index in [2.05, 4.69) is 12.2 Å². The predicted molar refractivity (Wildman–Crippen MR) is 74.7 cm³/mol. The second-order valence-corrected chi connectivity index (χ2v) is 7.02. The number of carbonyl (C=O) groups is 1. The summed E-state index contributed by atoms with van der Waals surface area (Å²) >= 11 is 0. The van der Waals surface area contributed by atoms with Crippen molar-refractivity contribution in [3.63, 3.8) is 0 Å². The average Bonchev–Trinajstić information content (AvgIpc) is 2.40. The first kappa shape index (κ1) is 13.4. The highest BCUT2D eigenvalue weighted by atomic mass is 16.5. The lowest BCUT2D eigenvalue weighted by Gasteiger charge is -2.61. The first-order valence-corrected chi connectivity index (χ1v) is 7.99. The summed E-state index contributed by atoms with van der Waals surface area (Å²) in [5.41, 5.74) is 0.0521. The molecule has 0 aromatic rings. The lowest BCUT2D eigenvalue weighted by molar-refractivity contribution is -0.149. The highest BCUT2D eigenvalue weighted by Gasteiger charge is 2.57. The van der Waals surface area contributed by atoms with Crippen molar-refractivity contribution in [1.29, 1.82) is 0 Å². The van der Waals surface area contributed by atoms with Gasteiger partial charge in [0.2, 0.25) is 0 Å². The Balaban J connectivity index is 1.83. The van der Waals surface area contributed by atoms with Gasteiger partial charge < -0.3 is 10.1 Å². The Morgan fingerprint density at radius 2 is 1.74 bits per heavy atom. The van der Waals surface area contributed by atoms with Crippen LogP contribution in [-0.4, -0.2) is 25.2 Å². The molecular weight excluding hydrogens is 238 g/mol. The van der Waals surface area contributed by atoms with Crippen molar-refractivity contribution in [3.8, 4) is 0 Å². The molecule has 0 aromatic heterocycles. The molecule has 1 N–H and O–H groups in total. The van der Waals surface area contributed by atoms with Crippen LogP contribution in [0.15, 0.2) is 0 Å². The van der Waals surface area contributed by atoms with Crippen molar-refractivity contribution in [1.82, 2.24) is 5.32 Å². The Bertz CT molecular complexity index is 325. The van der Waals surface area contributed by atoms with E-state index in [1.54, 1.807) is 0 Å². The van der Waals surface area contributed by atoms with Crippen molar-refractivity contribution < 1.29 is 9.53 Å². The van der Waals surface area contributed by atoms with Gasteiger partial charge in [-0.05, 0) is 68.7 Å². The molecule has 0 heterocycles. The zero-order valence-corrected chi connectivity index (χ0v) is 12.3. The van der Waals surface area contributed by atoms with E-state index in [0.29, 0.717) is 18.3 Å².